The number of halogens is 1. The van der Waals surface area contributed by atoms with Gasteiger partial charge in [-0.1, -0.05) is 0 Å². The van der Waals surface area contributed by atoms with Crippen molar-refractivity contribution < 1.29 is 14.2 Å². The molecular formula is C22H27ClN4O3. The van der Waals surface area contributed by atoms with E-state index in [2.05, 4.69) is 20.6 Å². The van der Waals surface area contributed by atoms with Crippen molar-refractivity contribution in [2.24, 2.45) is 9.98 Å². The molecule has 0 aliphatic carbocycles. The predicted octanol–water partition coefficient (Wildman–Crippen LogP) is 2.28. The van der Waals surface area contributed by atoms with Crippen LogP contribution in [0.3, 0.4) is 0 Å². The molecule has 0 atom stereocenters. The van der Waals surface area contributed by atoms with E-state index < -0.39 is 0 Å². The number of amidine groups is 2. The van der Waals surface area contributed by atoms with Crippen molar-refractivity contribution in [2.45, 2.75) is 0 Å². The summed E-state index contributed by atoms with van der Waals surface area (Å²) in [7, 11) is 0. The van der Waals surface area contributed by atoms with Crippen LogP contribution >= 0.6 is 12.4 Å². The van der Waals surface area contributed by atoms with E-state index >= 15 is 0 Å². The summed E-state index contributed by atoms with van der Waals surface area (Å²) < 4.78 is 17.0. The molecule has 160 valence electrons. The molecular weight excluding hydrogens is 404 g/mol. The average molecular weight is 431 g/mol. The zero-order valence-corrected chi connectivity index (χ0v) is 17.6. The molecule has 0 radical (unpaired) electrons. The second-order valence-electron chi connectivity index (χ2n) is 6.67. The molecule has 0 fully saturated rings. The minimum absolute atomic E-state index is 0. The van der Waals surface area contributed by atoms with Crippen LogP contribution in [0.4, 0.5) is 0 Å². The first-order valence-electron chi connectivity index (χ1n) is 9.99. The van der Waals surface area contributed by atoms with E-state index in [9.17, 15) is 0 Å². The van der Waals surface area contributed by atoms with Crippen molar-refractivity contribution in [3.05, 3.63) is 59.7 Å². The van der Waals surface area contributed by atoms with Crippen molar-refractivity contribution in [1.29, 1.82) is 0 Å². The van der Waals surface area contributed by atoms with Gasteiger partial charge in [0.25, 0.3) is 0 Å². The Kier molecular flexibility index (Phi) is 8.35. The molecule has 0 aromatic heterocycles. The van der Waals surface area contributed by atoms with Crippen LogP contribution in [0, 0.1) is 0 Å². The van der Waals surface area contributed by atoms with Gasteiger partial charge in [0.15, 0.2) is 0 Å². The summed E-state index contributed by atoms with van der Waals surface area (Å²) >= 11 is 0. The molecule has 2 aliphatic rings. The Morgan fingerprint density at radius 1 is 0.633 bits per heavy atom. The Bertz CT molecular complexity index is 782. The first-order chi connectivity index (χ1) is 14.4. The van der Waals surface area contributed by atoms with Crippen LogP contribution in [0.15, 0.2) is 58.5 Å². The van der Waals surface area contributed by atoms with E-state index in [4.69, 9.17) is 14.2 Å². The topological polar surface area (TPSA) is 76.5 Å². The standard InChI is InChI=1S/C22H26N4O3.ClH/c1-5-19(6-2-17(1)21-23-9-10-24-21)28-15-13-27-14-16-29-20-7-3-18(4-8-20)22-25-11-12-26-22;/h1-8H,9-16H2,(H,23,24)(H,25,26);1H. The van der Waals surface area contributed by atoms with E-state index in [1.165, 1.54) is 0 Å². The average Bonchev–Trinajstić information content (AvgIpc) is 3.48. The lowest BCUT2D eigenvalue weighted by molar-refractivity contribution is 0.0764. The Morgan fingerprint density at radius 3 is 1.43 bits per heavy atom. The first kappa shape index (κ1) is 21.9. The summed E-state index contributed by atoms with van der Waals surface area (Å²) in [6.45, 7) is 5.54. The van der Waals surface area contributed by atoms with Crippen LogP contribution < -0.4 is 20.1 Å². The van der Waals surface area contributed by atoms with Crippen molar-refractivity contribution in [3.63, 3.8) is 0 Å². The van der Waals surface area contributed by atoms with Gasteiger partial charge in [0.1, 0.15) is 36.4 Å². The van der Waals surface area contributed by atoms with Crippen molar-refractivity contribution in [1.82, 2.24) is 10.6 Å². The molecule has 2 aliphatic heterocycles. The van der Waals surface area contributed by atoms with Gasteiger partial charge in [-0.25, -0.2) is 0 Å². The monoisotopic (exact) mass is 430 g/mol. The number of hydrogen-bond acceptors (Lipinski definition) is 7. The van der Waals surface area contributed by atoms with Crippen LogP contribution in [0.2, 0.25) is 0 Å². The third-order valence-corrected chi connectivity index (χ3v) is 4.60. The Balaban J connectivity index is 0.00000256. The highest BCUT2D eigenvalue weighted by Crippen LogP contribution is 2.14. The highest BCUT2D eigenvalue weighted by molar-refractivity contribution is 6.00. The number of aliphatic imine (C=N–C) groups is 2. The second kappa shape index (κ2) is 11.4. The van der Waals surface area contributed by atoms with Gasteiger partial charge < -0.3 is 24.8 Å². The number of hydrogen-bond donors (Lipinski definition) is 2. The molecule has 2 heterocycles. The van der Waals surface area contributed by atoms with Gasteiger partial charge in [-0.05, 0) is 48.5 Å². The summed E-state index contributed by atoms with van der Waals surface area (Å²) in [6, 6.07) is 15.9. The number of ether oxygens (including phenoxy) is 3. The second-order valence-corrected chi connectivity index (χ2v) is 6.67. The fraction of sp³-hybridized carbons (Fsp3) is 0.364. The fourth-order valence-corrected chi connectivity index (χ4v) is 3.14. The number of rotatable bonds is 10. The van der Waals surface area contributed by atoms with E-state index in [0.29, 0.717) is 26.4 Å². The third kappa shape index (κ3) is 6.11. The van der Waals surface area contributed by atoms with Gasteiger partial charge in [0.05, 0.1) is 26.3 Å². The van der Waals surface area contributed by atoms with Gasteiger partial charge >= 0.3 is 0 Å². The van der Waals surface area contributed by atoms with Crippen LogP contribution in [0.1, 0.15) is 11.1 Å². The van der Waals surface area contributed by atoms with Gasteiger partial charge in [-0.2, -0.15) is 0 Å². The summed E-state index contributed by atoms with van der Waals surface area (Å²) in [5.41, 5.74) is 2.17. The Labute approximate surface area is 183 Å². The lowest BCUT2D eigenvalue weighted by Crippen LogP contribution is -2.19. The van der Waals surface area contributed by atoms with Gasteiger partial charge in [-0.3, -0.25) is 9.98 Å². The van der Waals surface area contributed by atoms with Crippen molar-refractivity contribution in [2.75, 3.05) is 52.6 Å². The lowest BCUT2D eigenvalue weighted by atomic mass is 10.2. The fourth-order valence-electron chi connectivity index (χ4n) is 3.14. The maximum Gasteiger partial charge on any atom is 0.128 e. The maximum atomic E-state index is 5.71. The summed E-state index contributed by atoms with van der Waals surface area (Å²) in [5, 5.41) is 6.52. The molecule has 7 nitrogen and oxygen atoms in total. The normalized spacial score (nSPS) is 14.8. The zero-order chi connectivity index (χ0) is 19.7. The van der Waals surface area contributed by atoms with E-state index in [1.54, 1.807) is 0 Å². The van der Waals surface area contributed by atoms with E-state index in [0.717, 1.165) is 60.5 Å². The van der Waals surface area contributed by atoms with Crippen molar-refractivity contribution >= 4 is 24.1 Å². The molecule has 2 N–H and O–H groups in total. The van der Waals surface area contributed by atoms with Gasteiger partial charge in [-0.15, -0.1) is 12.4 Å². The third-order valence-electron chi connectivity index (χ3n) is 4.60. The molecule has 8 heteroatoms. The number of nitrogens with zero attached hydrogens (tertiary/aromatic N) is 2. The molecule has 0 amide bonds. The van der Waals surface area contributed by atoms with E-state index in [1.807, 2.05) is 48.5 Å². The molecule has 4 rings (SSSR count). The quantitative estimate of drug-likeness (QED) is 0.565. The molecule has 30 heavy (non-hydrogen) atoms. The molecule has 0 unspecified atom stereocenters. The SMILES string of the molecule is Cl.c1cc(C2=NCCN2)ccc1OCCOCCOc1ccc(C2=NCCN2)cc1. The number of nitrogens with one attached hydrogen (secondary N) is 2. The largest absolute Gasteiger partial charge is 0.491 e. The molecule has 0 saturated carbocycles. The zero-order valence-electron chi connectivity index (χ0n) is 16.8. The predicted molar refractivity (Wildman–Crippen MR) is 121 cm³/mol. The van der Waals surface area contributed by atoms with E-state index in [-0.39, 0.29) is 12.4 Å². The summed E-state index contributed by atoms with van der Waals surface area (Å²) in [6.07, 6.45) is 0. The minimum atomic E-state index is 0. The lowest BCUT2D eigenvalue weighted by Gasteiger charge is -2.10. The van der Waals surface area contributed by atoms with Crippen molar-refractivity contribution in [3.8, 4) is 11.5 Å². The molecule has 0 spiro atoms. The van der Waals surface area contributed by atoms with Crippen LogP contribution in [0.5, 0.6) is 11.5 Å². The first-order valence-corrected chi connectivity index (χ1v) is 9.99. The smallest absolute Gasteiger partial charge is 0.128 e. The van der Waals surface area contributed by atoms with Crippen LogP contribution in [-0.2, 0) is 4.74 Å². The van der Waals surface area contributed by atoms with Crippen LogP contribution in [0.25, 0.3) is 0 Å². The Morgan fingerprint density at radius 2 is 1.07 bits per heavy atom. The minimum Gasteiger partial charge on any atom is -0.491 e. The highest BCUT2D eigenvalue weighted by atomic mass is 35.5. The highest BCUT2D eigenvalue weighted by Gasteiger charge is 2.08. The summed E-state index contributed by atoms with van der Waals surface area (Å²) in [4.78, 5) is 8.82. The molecule has 0 saturated heterocycles. The molecule has 0 bridgehead atoms. The molecule has 2 aromatic carbocycles. The van der Waals surface area contributed by atoms with Gasteiger partial charge in [0.2, 0.25) is 0 Å². The summed E-state index contributed by atoms with van der Waals surface area (Å²) in [5.74, 6) is 3.57. The maximum absolute atomic E-state index is 5.71. The van der Waals surface area contributed by atoms with Crippen LogP contribution in [-0.4, -0.2) is 64.3 Å². The Hall–Kier alpha value is -2.77. The number of benzene rings is 2. The van der Waals surface area contributed by atoms with Gasteiger partial charge in [0, 0.05) is 24.2 Å². The molecule has 2 aromatic rings.